The number of fused-ring (bicyclic) bond motifs is 2. The fourth-order valence-electron chi connectivity index (χ4n) is 3.34. The molecule has 2 nitrogen and oxygen atoms in total. The van der Waals surface area contributed by atoms with Gasteiger partial charge in [0.2, 0.25) is 0 Å². The predicted molar refractivity (Wildman–Crippen MR) is 60.5 cm³/mol. The van der Waals surface area contributed by atoms with Gasteiger partial charge >= 0.3 is 0 Å². The van der Waals surface area contributed by atoms with E-state index >= 15 is 0 Å². The first-order valence-corrected chi connectivity index (χ1v) is 6.03. The van der Waals surface area contributed by atoms with E-state index in [1.807, 2.05) is 0 Å². The van der Waals surface area contributed by atoms with Crippen LogP contribution in [0.15, 0.2) is 0 Å². The van der Waals surface area contributed by atoms with E-state index in [1.54, 1.807) is 0 Å². The van der Waals surface area contributed by atoms with Crippen molar-refractivity contribution in [2.75, 3.05) is 19.6 Å². The van der Waals surface area contributed by atoms with Crippen LogP contribution in [0.5, 0.6) is 0 Å². The molecule has 0 aromatic carbocycles. The van der Waals surface area contributed by atoms with Crippen LogP contribution >= 0.6 is 0 Å². The van der Waals surface area contributed by atoms with Crippen molar-refractivity contribution in [3.8, 4) is 0 Å². The van der Waals surface area contributed by atoms with Crippen molar-refractivity contribution in [2.45, 2.75) is 58.2 Å². The number of rotatable bonds is 1. The highest BCUT2D eigenvalue weighted by molar-refractivity contribution is 5.00. The van der Waals surface area contributed by atoms with Gasteiger partial charge < -0.3 is 4.90 Å². The SMILES string of the molecule is CCN1CC2CCC(C1)N2C(C)(C)C. The standard InChI is InChI=1S/C12H24N2/c1-5-13-8-10-6-7-11(9-13)14(10)12(2,3)4/h10-11H,5-9H2,1-4H3. The predicted octanol–water partition coefficient (Wildman–Crippen LogP) is 1.95. The minimum absolute atomic E-state index is 0.367. The topological polar surface area (TPSA) is 6.48 Å². The van der Waals surface area contributed by atoms with E-state index in [9.17, 15) is 0 Å². The van der Waals surface area contributed by atoms with Gasteiger partial charge in [0.25, 0.3) is 0 Å². The molecule has 2 heteroatoms. The number of hydrogen-bond acceptors (Lipinski definition) is 2. The van der Waals surface area contributed by atoms with Gasteiger partial charge in [-0.3, -0.25) is 4.90 Å². The van der Waals surface area contributed by atoms with Gasteiger partial charge in [-0.2, -0.15) is 0 Å². The fraction of sp³-hybridized carbons (Fsp3) is 1.00. The molecule has 2 heterocycles. The lowest BCUT2D eigenvalue weighted by Gasteiger charge is -2.47. The van der Waals surface area contributed by atoms with E-state index in [-0.39, 0.29) is 0 Å². The Kier molecular flexibility index (Phi) is 2.61. The average Bonchev–Trinajstić information content (AvgIpc) is 2.38. The molecule has 0 saturated carbocycles. The monoisotopic (exact) mass is 196 g/mol. The van der Waals surface area contributed by atoms with Gasteiger partial charge in [0, 0.05) is 30.7 Å². The quantitative estimate of drug-likeness (QED) is 0.632. The van der Waals surface area contributed by atoms with Crippen LogP contribution in [0.3, 0.4) is 0 Å². The maximum Gasteiger partial charge on any atom is 0.0232 e. The minimum Gasteiger partial charge on any atom is -0.301 e. The minimum atomic E-state index is 0.367. The molecular weight excluding hydrogens is 172 g/mol. The van der Waals surface area contributed by atoms with E-state index in [4.69, 9.17) is 0 Å². The smallest absolute Gasteiger partial charge is 0.0232 e. The zero-order chi connectivity index (χ0) is 10.3. The van der Waals surface area contributed by atoms with Crippen LogP contribution in [-0.4, -0.2) is 47.1 Å². The highest BCUT2D eigenvalue weighted by atomic mass is 15.3. The highest BCUT2D eigenvalue weighted by Crippen LogP contribution is 2.35. The second-order valence-electron chi connectivity index (χ2n) is 5.82. The molecule has 2 rings (SSSR count). The van der Waals surface area contributed by atoms with Crippen LogP contribution in [-0.2, 0) is 0 Å². The van der Waals surface area contributed by atoms with Crippen LogP contribution in [0.25, 0.3) is 0 Å². The van der Waals surface area contributed by atoms with Gasteiger partial charge in [0.15, 0.2) is 0 Å². The van der Waals surface area contributed by atoms with Gasteiger partial charge in [0.05, 0.1) is 0 Å². The summed E-state index contributed by atoms with van der Waals surface area (Å²) >= 11 is 0. The van der Waals surface area contributed by atoms with Gasteiger partial charge in [-0.15, -0.1) is 0 Å². The van der Waals surface area contributed by atoms with Crippen LogP contribution in [0, 0.1) is 0 Å². The molecule has 14 heavy (non-hydrogen) atoms. The molecule has 2 fully saturated rings. The molecule has 2 bridgehead atoms. The summed E-state index contributed by atoms with van der Waals surface area (Å²) in [6.07, 6.45) is 2.83. The molecule has 2 aliphatic heterocycles. The lowest BCUT2D eigenvalue weighted by Crippen LogP contribution is -2.59. The van der Waals surface area contributed by atoms with Crippen molar-refractivity contribution in [1.29, 1.82) is 0 Å². The van der Waals surface area contributed by atoms with Crippen molar-refractivity contribution in [2.24, 2.45) is 0 Å². The van der Waals surface area contributed by atoms with Gasteiger partial charge in [-0.25, -0.2) is 0 Å². The molecule has 82 valence electrons. The van der Waals surface area contributed by atoms with Crippen molar-refractivity contribution in [3.63, 3.8) is 0 Å². The first-order chi connectivity index (χ1) is 6.52. The molecule has 0 radical (unpaired) electrons. The van der Waals surface area contributed by atoms with Crippen molar-refractivity contribution in [3.05, 3.63) is 0 Å². The van der Waals surface area contributed by atoms with Gasteiger partial charge in [-0.1, -0.05) is 6.92 Å². The summed E-state index contributed by atoms with van der Waals surface area (Å²) in [6, 6.07) is 1.65. The Bertz CT molecular complexity index is 193. The summed E-state index contributed by atoms with van der Waals surface area (Å²) in [5.41, 5.74) is 0.367. The maximum absolute atomic E-state index is 2.76. The third-order valence-electron chi connectivity index (χ3n) is 3.78. The van der Waals surface area contributed by atoms with Gasteiger partial charge in [0.1, 0.15) is 0 Å². The van der Waals surface area contributed by atoms with Crippen LogP contribution in [0.1, 0.15) is 40.5 Å². The zero-order valence-corrected chi connectivity index (χ0v) is 10.1. The number of nitrogens with zero attached hydrogens (tertiary/aromatic N) is 2. The molecular formula is C12H24N2. The van der Waals surface area contributed by atoms with Gasteiger partial charge in [-0.05, 0) is 40.2 Å². The molecule has 0 spiro atoms. The summed E-state index contributed by atoms with van der Waals surface area (Å²) in [4.78, 5) is 5.38. The van der Waals surface area contributed by atoms with Crippen LogP contribution in [0.4, 0.5) is 0 Å². The summed E-state index contributed by atoms with van der Waals surface area (Å²) in [7, 11) is 0. The molecule has 2 unspecified atom stereocenters. The molecule has 2 aliphatic rings. The van der Waals surface area contributed by atoms with E-state index < -0.39 is 0 Å². The Morgan fingerprint density at radius 3 is 1.93 bits per heavy atom. The lowest BCUT2D eigenvalue weighted by molar-refractivity contribution is 0.00424. The normalized spacial score (nSPS) is 35.1. The molecule has 0 aromatic heterocycles. The summed E-state index contributed by atoms with van der Waals surface area (Å²) in [5.74, 6) is 0. The Hall–Kier alpha value is -0.0800. The van der Waals surface area contributed by atoms with Crippen molar-refractivity contribution >= 4 is 0 Å². The second kappa shape index (κ2) is 3.49. The summed E-state index contributed by atoms with van der Waals surface area (Å²) in [5, 5.41) is 0. The van der Waals surface area contributed by atoms with Crippen molar-refractivity contribution in [1.82, 2.24) is 9.80 Å². The number of likely N-dealkylation sites (tertiary alicyclic amines) is 1. The molecule has 0 aromatic rings. The Morgan fingerprint density at radius 2 is 1.57 bits per heavy atom. The number of hydrogen-bond donors (Lipinski definition) is 0. The molecule has 2 saturated heterocycles. The largest absolute Gasteiger partial charge is 0.301 e. The second-order valence-corrected chi connectivity index (χ2v) is 5.82. The summed E-state index contributed by atoms with van der Waals surface area (Å²) in [6.45, 7) is 13.2. The number of piperazine rings is 1. The first-order valence-electron chi connectivity index (χ1n) is 6.03. The average molecular weight is 196 g/mol. The van der Waals surface area contributed by atoms with E-state index in [0.717, 1.165) is 12.1 Å². The summed E-state index contributed by atoms with van der Waals surface area (Å²) < 4.78 is 0. The third kappa shape index (κ3) is 1.70. The Balaban J connectivity index is 2.10. The fourth-order valence-corrected chi connectivity index (χ4v) is 3.34. The first kappa shape index (κ1) is 10.4. The Labute approximate surface area is 88.3 Å². The molecule has 0 aliphatic carbocycles. The lowest BCUT2D eigenvalue weighted by atomic mass is 10.0. The molecule has 0 N–H and O–H groups in total. The van der Waals surface area contributed by atoms with Crippen molar-refractivity contribution < 1.29 is 0 Å². The van der Waals surface area contributed by atoms with Crippen LogP contribution in [0.2, 0.25) is 0 Å². The maximum atomic E-state index is 2.76. The van der Waals surface area contributed by atoms with E-state index in [0.29, 0.717) is 5.54 Å². The number of likely N-dealkylation sites (N-methyl/N-ethyl adjacent to an activating group) is 1. The highest BCUT2D eigenvalue weighted by Gasteiger charge is 2.44. The zero-order valence-electron chi connectivity index (χ0n) is 10.1. The van der Waals surface area contributed by atoms with E-state index in [2.05, 4.69) is 37.5 Å². The Morgan fingerprint density at radius 1 is 1.07 bits per heavy atom. The molecule has 0 amide bonds. The molecule has 2 atom stereocenters. The van der Waals surface area contributed by atoms with Crippen LogP contribution < -0.4 is 0 Å². The van der Waals surface area contributed by atoms with E-state index in [1.165, 1.54) is 32.5 Å². The third-order valence-corrected chi connectivity index (χ3v) is 3.78.